The lowest BCUT2D eigenvalue weighted by Gasteiger charge is -2.23. The molecule has 2 atom stereocenters. The lowest BCUT2D eigenvalue weighted by Crippen LogP contribution is -2.27. The number of rotatable bonds is 5. The maximum atomic E-state index is 13.0. The summed E-state index contributed by atoms with van der Waals surface area (Å²) in [5.74, 6) is -0.380. The monoisotopic (exact) mass is 285 g/mol. The van der Waals surface area contributed by atoms with Crippen molar-refractivity contribution in [3.05, 3.63) is 34.6 Å². The van der Waals surface area contributed by atoms with Gasteiger partial charge in [0.05, 0.1) is 11.1 Å². The van der Waals surface area contributed by atoms with Crippen molar-refractivity contribution in [3.8, 4) is 0 Å². The lowest BCUT2D eigenvalue weighted by atomic mass is 9.98. The highest BCUT2D eigenvalue weighted by Crippen LogP contribution is 2.20. The van der Waals surface area contributed by atoms with Crippen LogP contribution in [0.4, 0.5) is 4.39 Å². The van der Waals surface area contributed by atoms with E-state index in [4.69, 9.17) is 22.1 Å². The van der Waals surface area contributed by atoms with Gasteiger partial charge in [0.25, 0.3) is 0 Å². The zero-order valence-electron chi connectivity index (χ0n) is 11.1. The second kappa shape index (κ2) is 7.22. The molecule has 1 aromatic carbocycles. The van der Waals surface area contributed by atoms with Crippen LogP contribution in [-0.4, -0.2) is 18.8 Å². The van der Waals surface area contributed by atoms with Gasteiger partial charge >= 0.3 is 0 Å². The fourth-order valence-corrected chi connectivity index (χ4v) is 2.71. The first-order valence-electron chi connectivity index (χ1n) is 6.96. The van der Waals surface area contributed by atoms with Crippen LogP contribution in [0.2, 0.25) is 5.02 Å². The number of hydrogen-bond donors (Lipinski definition) is 1. The minimum atomic E-state index is -0.380. The Kier molecular flexibility index (Phi) is 5.61. The standard InChI is InChI=1S/C15H21ClFNO/c16-14-10-11(4-7-15(14)17)9-12(18)5-6-13-3-1-2-8-19-13/h4,7,10,12-13H,1-3,5-6,8-9,18H2. The molecule has 0 saturated carbocycles. The number of hydrogen-bond acceptors (Lipinski definition) is 2. The summed E-state index contributed by atoms with van der Waals surface area (Å²) >= 11 is 5.76. The van der Waals surface area contributed by atoms with Crippen LogP contribution in [0.3, 0.4) is 0 Å². The normalized spacial score (nSPS) is 21.3. The first kappa shape index (κ1) is 14.8. The molecule has 106 valence electrons. The summed E-state index contributed by atoms with van der Waals surface area (Å²) in [4.78, 5) is 0. The van der Waals surface area contributed by atoms with E-state index in [1.807, 2.05) is 0 Å². The van der Waals surface area contributed by atoms with Crippen molar-refractivity contribution in [1.82, 2.24) is 0 Å². The highest BCUT2D eigenvalue weighted by Gasteiger charge is 2.15. The molecule has 2 nitrogen and oxygen atoms in total. The first-order valence-corrected chi connectivity index (χ1v) is 7.34. The molecular weight excluding hydrogens is 265 g/mol. The predicted octanol–water partition coefficient (Wildman–Crippen LogP) is 3.70. The molecule has 0 spiro atoms. The summed E-state index contributed by atoms with van der Waals surface area (Å²) < 4.78 is 18.7. The van der Waals surface area contributed by atoms with E-state index in [0.717, 1.165) is 37.9 Å². The Morgan fingerprint density at radius 3 is 2.95 bits per heavy atom. The fourth-order valence-electron chi connectivity index (χ4n) is 2.51. The van der Waals surface area contributed by atoms with Crippen LogP contribution in [0.5, 0.6) is 0 Å². The molecule has 0 aromatic heterocycles. The minimum Gasteiger partial charge on any atom is -0.378 e. The zero-order chi connectivity index (χ0) is 13.7. The number of nitrogens with two attached hydrogens (primary N) is 1. The lowest BCUT2D eigenvalue weighted by molar-refractivity contribution is 0.00915. The van der Waals surface area contributed by atoms with Gasteiger partial charge in [0.2, 0.25) is 0 Å². The topological polar surface area (TPSA) is 35.2 Å². The van der Waals surface area contributed by atoms with Gasteiger partial charge in [-0.1, -0.05) is 17.7 Å². The van der Waals surface area contributed by atoms with Crippen molar-refractivity contribution in [1.29, 1.82) is 0 Å². The Bertz CT molecular complexity index is 407. The molecule has 1 fully saturated rings. The van der Waals surface area contributed by atoms with Crippen LogP contribution >= 0.6 is 11.6 Å². The molecular formula is C15H21ClFNO. The Morgan fingerprint density at radius 1 is 1.42 bits per heavy atom. The van der Waals surface area contributed by atoms with Crippen molar-refractivity contribution >= 4 is 11.6 Å². The Labute approximate surface area is 119 Å². The van der Waals surface area contributed by atoms with E-state index in [9.17, 15) is 4.39 Å². The third kappa shape index (κ3) is 4.75. The van der Waals surface area contributed by atoms with E-state index in [1.54, 1.807) is 12.1 Å². The van der Waals surface area contributed by atoms with Gasteiger partial charge < -0.3 is 10.5 Å². The van der Waals surface area contributed by atoms with E-state index in [0.29, 0.717) is 6.10 Å². The van der Waals surface area contributed by atoms with Crippen molar-refractivity contribution in [3.63, 3.8) is 0 Å². The number of benzene rings is 1. The molecule has 0 aliphatic carbocycles. The van der Waals surface area contributed by atoms with Crippen molar-refractivity contribution in [2.24, 2.45) is 5.73 Å². The average molecular weight is 286 g/mol. The van der Waals surface area contributed by atoms with Gasteiger partial charge in [-0.15, -0.1) is 0 Å². The van der Waals surface area contributed by atoms with E-state index in [2.05, 4.69) is 0 Å². The van der Waals surface area contributed by atoms with Crippen molar-refractivity contribution < 1.29 is 9.13 Å². The van der Waals surface area contributed by atoms with Crippen molar-refractivity contribution in [2.75, 3.05) is 6.61 Å². The zero-order valence-corrected chi connectivity index (χ0v) is 11.8. The van der Waals surface area contributed by atoms with Crippen LogP contribution in [0, 0.1) is 5.82 Å². The summed E-state index contributed by atoms with van der Waals surface area (Å²) in [7, 11) is 0. The first-order chi connectivity index (χ1) is 9.15. The summed E-state index contributed by atoms with van der Waals surface area (Å²) in [6.07, 6.45) is 6.62. The highest BCUT2D eigenvalue weighted by molar-refractivity contribution is 6.30. The van der Waals surface area contributed by atoms with Crippen LogP contribution in [-0.2, 0) is 11.2 Å². The smallest absolute Gasteiger partial charge is 0.141 e. The van der Waals surface area contributed by atoms with Gasteiger partial charge in [-0.25, -0.2) is 4.39 Å². The molecule has 0 amide bonds. The fraction of sp³-hybridized carbons (Fsp3) is 0.600. The van der Waals surface area contributed by atoms with Gasteiger partial charge in [-0.2, -0.15) is 0 Å². The van der Waals surface area contributed by atoms with Crippen LogP contribution in [0.25, 0.3) is 0 Å². The van der Waals surface area contributed by atoms with Gasteiger partial charge in [0.15, 0.2) is 0 Å². The van der Waals surface area contributed by atoms with Crippen LogP contribution < -0.4 is 5.73 Å². The molecule has 1 aliphatic heterocycles. The van der Waals surface area contributed by atoms with Crippen molar-refractivity contribution in [2.45, 2.75) is 50.7 Å². The molecule has 19 heavy (non-hydrogen) atoms. The second-order valence-electron chi connectivity index (χ2n) is 5.28. The van der Waals surface area contributed by atoms with E-state index in [1.165, 1.54) is 18.9 Å². The Balaban J connectivity index is 1.76. The second-order valence-corrected chi connectivity index (χ2v) is 5.69. The third-order valence-corrected chi connectivity index (χ3v) is 3.90. The average Bonchev–Trinajstić information content (AvgIpc) is 2.42. The summed E-state index contributed by atoms with van der Waals surface area (Å²) in [5, 5.41) is 0.167. The largest absolute Gasteiger partial charge is 0.378 e. The molecule has 1 heterocycles. The third-order valence-electron chi connectivity index (χ3n) is 3.62. The van der Waals surface area contributed by atoms with Gasteiger partial charge in [0.1, 0.15) is 5.82 Å². The molecule has 1 saturated heterocycles. The van der Waals surface area contributed by atoms with Crippen LogP contribution in [0.1, 0.15) is 37.7 Å². The predicted molar refractivity (Wildman–Crippen MR) is 75.9 cm³/mol. The minimum absolute atomic E-state index is 0.0760. The molecule has 2 N–H and O–H groups in total. The van der Waals surface area contributed by atoms with E-state index in [-0.39, 0.29) is 16.9 Å². The quantitative estimate of drug-likeness (QED) is 0.895. The SMILES string of the molecule is NC(CCC1CCCCO1)Cc1ccc(F)c(Cl)c1. The molecule has 1 aromatic rings. The molecule has 2 rings (SSSR count). The molecule has 1 aliphatic rings. The van der Waals surface area contributed by atoms with E-state index >= 15 is 0 Å². The molecule has 4 heteroatoms. The number of halogens is 2. The maximum absolute atomic E-state index is 13.0. The Hall–Kier alpha value is -0.640. The van der Waals surface area contributed by atoms with Gasteiger partial charge in [0, 0.05) is 12.6 Å². The number of ether oxygens (including phenoxy) is 1. The summed E-state index contributed by atoms with van der Waals surface area (Å²) in [6.45, 7) is 0.882. The maximum Gasteiger partial charge on any atom is 0.141 e. The van der Waals surface area contributed by atoms with Crippen LogP contribution in [0.15, 0.2) is 18.2 Å². The summed E-state index contributed by atoms with van der Waals surface area (Å²) in [6, 6.07) is 4.88. The Morgan fingerprint density at radius 2 is 2.26 bits per heavy atom. The molecule has 2 unspecified atom stereocenters. The summed E-state index contributed by atoms with van der Waals surface area (Å²) in [5.41, 5.74) is 7.11. The molecule has 0 bridgehead atoms. The highest BCUT2D eigenvalue weighted by atomic mass is 35.5. The van der Waals surface area contributed by atoms with E-state index < -0.39 is 0 Å². The molecule has 0 radical (unpaired) electrons. The van der Waals surface area contributed by atoms with Gasteiger partial charge in [-0.05, 0) is 56.2 Å². The van der Waals surface area contributed by atoms with Gasteiger partial charge in [-0.3, -0.25) is 0 Å².